The summed E-state index contributed by atoms with van der Waals surface area (Å²) in [5.41, 5.74) is -0.465. The fourth-order valence-electron chi connectivity index (χ4n) is 8.31. The summed E-state index contributed by atoms with van der Waals surface area (Å²) in [5, 5.41) is 15.9. The van der Waals surface area contributed by atoms with Gasteiger partial charge in [0.25, 0.3) is 0 Å². The molecule has 3 atom stereocenters. The summed E-state index contributed by atoms with van der Waals surface area (Å²) in [6.45, 7) is 4.03. The third-order valence-corrected chi connectivity index (χ3v) is 9.10. The van der Waals surface area contributed by atoms with Gasteiger partial charge in [-0.2, -0.15) is 0 Å². The molecule has 6 heteroatoms. The number of aliphatic hydroxyl groups excluding tert-OH is 1. The van der Waals surface area contributed by atoms with Gasteiger partial charge < -0.3 is 15.7 Å². The zero-order valence-electron chi connectivity index (χ0n) is 19.4. The van der Waals surface area contributed by atoms with Gasteiger partial charge in [-0.3, -0.25) is 14.5 Å². The van der Waals surface area contributed by atoms with Crippen molar-refractivity contribution < 1.29 is 14.7 Å². The van der Waals surface area contributed by atoms with Gasteiger partial charge >= 0.3 is 0 Å². The zero-order chi connectivity index (χ0) is 21.8. The second-order valence-electron chi connectivity index (χ2n) is 12.4. The number of amides is 2. The zero-order valence-corrected chi connectivity index (χ0v) is 19.4. The number of fused-ring (bicyclic) bond motifs is 2. The molecule has 6 bridgehead atoms. The summed E-state index contributed by atoms with van der Waals surface area (Å²) in [6.07, 6.45) is 12.8. The first-order valence-electron chi connectivity index (χ1n) is 12.7. The van der Waals surface area contributed by atoms with E-state index in [-0.39, 0.29) is 24.0 Å². The Morgan fingerprint density at radius 3 is 2.00 bits per heavy atom. The van der Waals surface area contributed by atoms with E-state index >= 15 is 0 Å². The Kier molecular flexibility index (Phi) is 5.61. The number of carbonyl (C=O) groups is 2. The molecule has 6 rings (SSSR count). The minimum absolute atomic E-state index is 0.00559. The van der Waals surface area contributed by atoms with Crippen LogP contribution in [-0.4, -0.2) is 58.1 Å². The summed E-state index contributed by atoms with van der Waals surface area (Å²) in [5.74, 6) is 3.28. The van der Waals surface area contributed by atoms with Crippen LogP contribution in [-0.2, 0) is 9.59 Å². The normalized spacial score (nSPS) is 41.4. The molecule has 3 N–H and O–H groups in total. The van der Waals surface area contributed by atoms with E-state index in [2.05, 4.69) is 15.5 Å². The van der Waals surface area contributed by atoms with Gasteiger partial charge in [0.2, 0.25) is 11.8 Å². The van der Waals surface area contributed by atoms with Crippen molar-refractivity contribution in [2.75, 3.05) is 13.2 Å². The second kappa shape index (κ2) is 8.02. The lowest BCUT2D eigenvalue weighted by Gasteiger charge is -2.57. The predicted octanol–water partition coefficient (Wildman–Crippen LogP) is 2.59. The van der Waals surface area contributed by atoms with Gasteiger partial charge in [0.15, 0.2) is 0 Å². The number of hydrogen-bond donors (Lipinski definition) is 3. The maximum Gasteiger partial charge on any atom is 0.234 e. The summed E-state index contributed by atoms with van der Waals surface area (Å²) >= 11 is 0. The topological polar surface area (TPSA) is 81.7 Å². The highest BCUT2D eigenvalue weighted by atomic mass is 16.3. The number of piperidine rings is 1. The molecular weight excluding hydrogens is 390 g/mol. The van der Waals surface area contributed by atoms with Crippen molar-refractivity contribution >= 4 is 11.8 Å². The van der Waals surface area contributed by atoms with Crippen molar-refractivity contribution in [1.82, 2.24) is 15.5 Å². The first kappa shape index (κ1) is 21.7. The lowest BCUT2D eigenvalue weighted by atomic mass is 9.53. The van der Waals surface area contributed by atoms with Gasteiger partial charge in [0, 0.05) is 24.0 Å². The molecule has 2 heterocycles. The Morgan fingerprint density at radius 2 is 1.48 bits per heavy atom. The van der Waals surface area contributed by atoms with Gasteiger partial charge in [0.05, 0.1) is 18.7 Å². The number of hydrogen-bond acceptors (Lipinski definition) is 4. The summed E-state index contributed by atoms with van der Waals surface area (Å²) in [6, 6.07) is 0.832. The van der Waals surface area contributed by atoms with Crippen LogP contribution in [0.4, 0.5) is 0 Å². The molecule has 2 saturated heterocycles. The Morgan fingerprint density at radius 1 is 0.935 bits per heavy atom. The van der Waals surface area contributed by atoms with E-state index in [1.54, 1.807) is 0 Å². The van der Waals surface area contributed by atoms with E-state index in [4.69, 9.17) is 0 Å². The maximum absolute atomic E-state index is 13.1. The first-order chi connectivity index (χ1) is 14.7. The Labute approximate surface area is 186 Å². The van der Waals surface area contributed by atoms with Crippen LogP contribution < -0.4 is 10.6 Å². The third-order valence-electron chi connectivity index (χ3n) is 9.10. The van der Waals surface area contributed by atoms with Crippen molar-refractivity contribution in [1.29, 1.82) is 0 Å². The standard InChI is InChI=1S/C25H41N3O3/c1-24(2,15-29)26-23(31)14-28-20-3-4-21(28)9-16(8-20)10-22(30)27-25-11-17-5-18(12-25)7-19(6-17)13-25/h16-21,29H,3-15H2,1-2H3,(H,26,31)(H,27,30)/t16?,17?,18?,19?,20-,21+,25?. The van der Waals surface area contributed by atoms with Crippen LogP contribution in [0, 0.1) is 23.7 Å². The monoisotopic (exact) mass is 431 g/mol. The fraction of sp³-hybridized carbons (Fsp3) is 0.920. The van der Waals surface area contributed by atoms with E-state index in [0.29, 0.717) is 31.0 Å². The summed E-state index contributed by atoms with van der Waals surface area (Å²) < 4.78 is 0. The molecule has 2 aliphatic heterocycles. The van der Waals surface area contributed by atoms with Gasteiger partial charge in [-0.25, -0.2) is 0 Å². The van der Waals surface area contributed by atoms with Gasteiger partial charge in [-0.15, -0.1) is 0 Å². The van der Waals surface area contributed by atoms with Crippen molar-refractivity contribution in [2.45, 2.75) is 108 Å². The van der Waals surface area contributed by atoms with Crippen LogP contribution in [0.1, 0.15) is 84.5 Å². The molecule has 4 saturated carbocycles. The summed E-state index contributed by atoms with van der Waals surface area (Å²) in [4.78, 5) is 27.9. The molecule has 1 unspecified atom stereocenters. The van der Waals surface area contributed by atoms with Crippen LogP contribution in [0.15, 0.2) is 0 Å². The van der Waals surface area contributed by atoms with E-state index in [0.717, 1.165) is 43.4 Å². The third kappa shape index (κ3) is 4.52. The van der Waals surface area contributed by atoms with Crippen molar-refractivity contribution in [3.63, 3.8) is 0 Å². The SMILES string of the molecule is CC(C)(CO)NC(=O)CN1[C@@H]2CC[C@H]1CC(CC(=O)NC13CC4CC(CC(C4)C1)C3)C2. The molecule has 0 spiro atoms. The molecule has 6 aliphatic rings. The average molecular weight is 432 g/mol. The molecule has 0 aromatic carbocycles. The number of aliphatic hydroxyl groups is 1. The van der Waals surface area contributed by atoms with Crippen LogP contribution >= 0.6 is 0 Å². The smallest absolute Gasteiger partial charge is 0.234 e. The van der Waals surface area contributed by atoms with E-state index < -0.39 is 5.54 Å². The van der Waals surface area contributed by atoms with Crippen LogP contribution in [0.5, 0.6) is 0 Å². The molecule has 174 valence electrons. The van der Waals surface area contributed by atoms with E-state index in [9.17, 15) is 14.7 Å². The van der Waals surface area contributed by atoms with Crippen molar-refractivity contribution in [3.05, 3.63) is 0 Å². The Hall–Kier alpha value is -1.14. The lowest BCUT2D eigenvalue weighted by Crippen LogP contribution is -2.60. The highest BCUT2D eigenvalue weighted by molar-refractivity contribution is 5.79. The van der Waals surface area contributed by atoms with E-state index in [1.165, 1.54) is 38.5 Å². The van der Waals surface area contributed by atoms with Crippen molar-refractivity contribution in [2.24, 2.45) is 23.7 Å². The number of nitrogens with one attached hydrogen (secondary N) is 2. The van der Waals surface area contributed by atoms with Crippen LogP contribution in [0.3, 0.4) is 0 Å². The van der Waals surface area contributed by atoms with Gasteiger partial charge in [-0.1, -0.05) is 0 Å². The van der Waals surface area contributed by atoms with Crippen LogP contribution in [0.2, 0.25) is 0 Å². The quantitative estimate of drug-likeness (QED) is 0.579. The second-order valence-corrected chi connectivity index (χ2v) is 12.4. The Balaban J connectivity index is 1.13. The molecule has 0 radical (unpaired) electrons. The molecule has 0 aromatic heterocycles. The molecule has 31 heavy (non-hydrogen) atoms. The first-order valence-corrected chi connectivity index (χ1v) is 12.7. The molecule has 6 fully saturated rings. The summed E-state index contributed by atoms with van der Waals surface area (Å²) in [7, 11) is 0. The Bertz CT molecular complexity index is 672. The molecular formula is C25H41N3O3. The highest BCUT2D eigenvalue weighted by Crippen LogP contribution is 2.55. The number of nitrogens with zero attached hydrogens (tertiary/aromatic N) is 1. The fourth-order valence-corrected chi connectivity index (χ4v) is 8.31. The minimum Gasteiger partial charge on any atom is -0.394 e. The van der Waals surface area contributed by atoms with Gasteiger partial charge in [0.1, 0.15) is 0 Å². The average Bonchev–Trinajstić information content (AvgIpc) is 2.88. The largest absolute Gasteiger partial charge is 0.394 e. The van der Waals surface area contributed by atoms with Gasteiger partial charge in [-0.05, 0) is 102 Å². The highest BCUT2D eigenvalue weighted by Gasteiger charge is 2.51. The molecule has 6 nitrogen and oxygen atoms in total. The predicted molar refractivity (Wildman–Crippen MR) is 119 cm³/mol. The molecule has 2 amide bonds. The maximum atomic E-state index is 13.1. The van der Waals surface area contributed by atoms with E-state index in [1.807, 2.05) is 13.8 Å². The molecule has 4 aliphatic carbocycles. The number of rotatable bonds is 7. The minimum atomic E-state index is -0.580. The van der Waals surface area contributed by atoms with Crippen LogP contribution in [0.25, 0.3) is 0 Å². The molecule has 0 aromatic rings. The number of carbonyl (C=O) groups excluding carboxylic acids is 2. The van der Waals surface area contributed by atoms with Crippen molar-refractivity contribution in [3.8, 4) is 0 Å². The lowest BCUT2D eigenvalue weighted by molar-refractivity contribution is -0.129.